The van der Waals surface area contributed by atoms with Gasteiger partial charge in [-0.25, -0.2) is 9.79 Å². The highest BCUT2D eigenvalue weighted by atomic mass is 35.5. The molecule has 0 saturated carbocycles. The van der Waals surface area contributed by atoms with Crippen LogP contribution in [-0.4, -0.2) is 26.7 Å². The van der Waals surface area contributed by atoms with Crippen molar-refractivity contribution in [3.8, 4) is 0 Å². The Hall–Kier alpha value is -3.23. The number of hydrogen-bond donors (Lipinski definition) is 2. The highest BCUT2D eigenvalue weighted by Gasteiger charge is 2.25. The SMILES string of the molecule is O=C1NC(=Nc2ccc(Cl)c(C(=O)O)c2)S/C1=C\c1cn(Cc2ccc(Cl)cc2Cl)c2ccccc12. The van der Waals surface area contributed by atoms with Crippen molar-refractivity contribution in [2.45, 2.75) is 6.54 Å². The minimum Gasteiger partial charge on any atom is -0.478 e. The van der Waals surface area contributed by atoms with Gasteiger partial charge in [-0.1, -0.05) is 59.1 Å². The fraction of sp³-hybridized carbons (Fsp3) is 0.0385. The van der Waals surface area contributed by atoms with E-state index in [4.69, 9.17) is 34.8 Å². The number of carboxylic acids is 1. The molecule has 1 saturated heterocycles. The van der Waals surface area contributed by atoms with Crippen LogP contribution in [0.25, 0.3) is 17.0 Å². The number of rotatable bonds is 5. The minimum atomic E-state index is -1.15. The van der Waals surface area contributed by atoms with Gasteiger partial charge in [0, 0.05) is 39.3 Å². The van der Waals surface area contributed by atoms with Gasteiger partial charge in [0.15, 0.2) is 5.17 Å². The highest BCUT2D eigenvalue weighted by molar-refractivity contribution is 8.18. The van der Waals surface area contributed by atoms with Gasteiger partial charge in [0.25, 0.3) is 5.91 Å². The van der Waals surface area contributed by atoms with Crippen LogP contribution in [-0.2, 0) is 11.3 Å². The standard InChI is InChI=1S/C26H16Cl3N3O3S/c27-16-6-5-14(21(29)10-16)12-32-13-15(18-3-1-2-4-22(18)32)9-23-24(33)31-26(36-23)30-17-7-8-20(28)19(11-17)25(34)35/h1-11,13H,12H2,(H,34,35)(H,30,31,33)/b23-9-. The number of nitrogens with one attached hydrogen (secondary N) is 1. The zero-order chi connectivity index (χ0) is 25.4. The van der Waals surface area contributed by atoms with Crippen molar-refractivity contribution in [3.05, 3.63) is 104 Å². The van der Waals surface area contributed by atoms with Crippen LogP contribution in [0, 0.1) is 0 Å². The molecule has 0 radical (unpaired) electrons. The van der Waals surface area contributed by atoms with Crippen molar-refractivity contribution in [2.75, 3.05) is 0 Å². The fourth-order valence-corrected chi connectivity index (χ4v) is 5.34. The van der Waals surface area contributed by atoms with E-state index in [1.807, 2.05) is 42.6 Å². The van der Waals surface area contributed by atoms with Crippen molar-refractivity contribution in [2.24, 2.45) is 4.99 Å². The number of fused-ring (bicyclic) bond motifs is 1. The molecule has 1 aliphatic rings. The Bertz CT molecular complexity index is 1610. The van der Waals surface area contributed by atoms with E-state index in [1.54, 1.807) is 18.2 Å². The molecule has 0 unspecified atom stereocenters. The Morgan fingerprint density at radius 1 is 1.06 bits per heavy atom. The molecule has 10 heteroatoms. The number of benzene rings is 3. The third kappa shape index (κ3) is 5.01. The van der Waals surface area contributed by atoms with E-state index in [-0.39, 0.29) is 16.5 Å². The van der Waals surface area contributed by atoms with Crippen LogP contribution in [0.4, 0.5) is 5.69 Å². The molecule has 4 aromatic rings. The predicted molar refractivity (Wildman–Crippen MR) is 147 cm³/mol. The average Bonchev–Trinajstić information content (AvgIpc) is 3.36. The molecule has 0 bridgehead atoms. The normalized spacial score (nSPS) is 15.7. The van der Waals surface area contributed by atoms with Gasteiger partial charge in [-0.05, 0) is 59.8 Å². The van der Waals surface area contributed by atoms with Gasteiger partial charge in [-0.3, -0.25) is 4.79 Å². The first-order chi connectivity index (χ1) is 17.3. The van der Waals surface area contributed by atoms with Gasteiger partial charge < -0.3 is 15.0 Å². The lowest BCUT2D eigenvalue weighted by molar-refractivity contribution is -0.115. The first kappa shape index (κ1) is 24.5. The predicted octanol–water partition coefficient (Wildman–Crippen LogP) is 7.24. The Kier molecular flexibility index (Phi) is 6.81. The monoisotopic (exact) mass is 555 g/mol. The molecule has 1 aromatic heterocycles. The van der Waals surface area contributed by atoms with Crippen molar-refractivity contribution in [3.63, 3.8) is 0 Å². The molecule has 5 rings (SSSR count). The van der Waals surface area contributed by atoms with Crippen molar-refractivity contribution < 1.29 is 14.7 Å². The average molecular weight is 557 g/mol. The Labute approximate surface area is 225 Å². The molecule has 2 N–H and O–H groups in total. The summed E-state index contributed by atoms with van der Waals surface area (Å²) in [6, 6.07) is 17.7. The van der Waals surface area contributed by atoms with E-state index in [9.17, 15) is 14.7 Å². The first-order valence-electron chi connectivity index (χ1n) is 10.6. The largest absolute Gasteiger partial charge is 0.478 e. The Balaban J connectivity index is 1.46. The molecule has 1 aliphatic heterocycles. The quantitative estimate of drug-likeness (QED) is 0.254. The first-order valence-corrected chi connectivity index (χ1v) is 12.6. The molecule has 36 heavy (non-hydrogen) atoms. The number of aromatic nitrogens is 1. The highest BCUT2D eigenvalue weighted by Crippen LogP contribution is 2.32. The summed E-state index contributed by atoms with van der Waals surface area (Å²) in [5.74, 6) is -1.44. The number of aromatic carboxylic acids is 1. The number of thioether (sulfide) groups is 1. The number of carbonyl (C=O) groups is 2. The molecule has 180 valence electrons. The van der Waals surface area contributed by atoms with Crippen molar-refractivity contribution >= 4 is 86.3 Å². The number of para-hydroxylation sites is 1. The number of amides is 1. The Morgan fingerprint density at radius 2 is 1.86 bits per heavy atom. The fourth-order valence-electron chi connectivity index (χ4n) is 3.84. The second kappa shape index (κ2) is 10.0. The maximum Gasteiger partial charge on any atom is 0.337 e. The molecule has 0 atom stereocenters. The van der Waals surface area contributed by atoms with Crippen LogP contribution >= 0.6 is 46.6 Å². The number of nitrogens with zero attached hydrogens (tertiary/aromatic N) is 2. The molecule has 3 aromatic carbocycles. The number of carbonyl (C=O) groups excluding carboxylic acids is 1. The van der Waals surface area contributed by atoms with Crippen LogP contribution in [0.2, 0.25) is 15.1 Å². The second-order valence-corrected chi connectivity index (χ2v) is 10.2. The lowest BCUT2D eigenvalue weighted by Crippen LogP contribution is -2.19. The maximum atomic E-state index is 12.7. The Morgan fingerprint density at radius 3 is 2.64 bits per heavy atom. The van der Waals surface area contributed by atoms with Crippen LogP contribution in [0.1, 0.15) is 21.5 Å². The van der Waals surface area contributed by atoms with Crippen LogP contribution in [0.3, 0.4) is 0 Å². The zero-order valence-electron chi connectivity index (χ0n) is 18.3. The van der Waals surface area contributed by atoms with Crippen molar-refractivity contribution in [1.29, 1.82) is 0 Å². The molecule has 0 aliphatic carbocycles. The van der Waals surface area contributed by atoms with Gasteiger partial charge in [0.05, 0.1) is 21.2 Å². The minimum absolute atomic E-state index is 0.0581. The van der Waals surface area contributed by atoms with E-state index < -0.39 is 5.97 Å². The van der Waals surface area contributed by atoms with E-state index in [0.717, 1.165) is 22.0 Å². The zero-order valence-corrected chi connectivity index (χ0v) is 21.4. The molecule has 6 nitrogen and oxygen atoms in total. The lowest BCUT2D eigenvalue weighted by Gasteiger charge is -2.08. The van der Waals surface area contributed by atoms with Crippen LogP contribution in [0.5, 0.6) is 0 Å². The summed E-state index contributed by atoms with van der Waals surface area (Å²) in [6.45, 7) is 0.536. The molecule has 1 amide bonds. The van der Waals surface area contributed by atoms with Gasteiger partial charge in [-0.2, -0.15) is 0 Å². The van der Waals surface area contributed by atoms with Gasteiger partial charge in [-0.15, -0.1) is 0 Å². The number of amidine groups is 1. The summed E-state index contributed by atoms with van der Waals surface area (Å²) < 4.78 is 2.07. The summed E-state index contributed by atoms with van der Waals surface area (Å²) in [4.78, 5) is 28.9. The van der Waals surface area contributed by atoms with E-state index in [2.05, 4.69) is 14.9 Å². The number of carboxylic acid groups (broad SMARTS) is 1. The second-order valence-electron chi connectivity index (χ2n) is 7.92. The van der Waals surface area contributed by atoms with Crippen LogP contribution < -0.4 is 5.32 Å². The summed E-state index contributed by atoms with van der Waals surface area (Å²) in [5, 5.41) is 14.6. The maximum absolute atomic E-state index is 12.7. The molecule has 1 fully saturated rings. The molecular weight excluding hydrogens is 541 g/mol. The smallest absolute Gasteiger partial charge is 0.337 e. The van der Waals surface area contributed by atoms with E-state index >= 15 is 0 Å². The summed E-state index contributed by atoms with van der Waals surface area (Å²) in [5.41, 5.74) is 3.10. The van der Waals surface area contributed by atoms with Crippen LogP contribution in [0.15, 0.2) is 76.8 Å². The van der Waals surface area contributed by atoms with Gasteiger partial charge >= 0.3 is 5.97 Å². The topological polar surface area (TPSA) is 83.7 Å². The summed E-state index contributed by atoms with van der Waals surface area (Å²) >= 11 is 19.5. The number of aliphatic imine (C=N–C) groups is 1. The molecular formula is C26H16Cl3N3O3S. The lowest BCUT2D eigenvalue weighted by atomic mass is 10.1. The molecule has 2 heterocycles. The van der Waals surface area contributed by atoms with E-state index in [1.165, 1.54) is 23.9 Å². The van der Waals surface area contributed by atoms with Gasteiger partial charge in [0.2, 0.25) is 0 Å². The number of halogens is 3. The third-order valence-corrected chi connectivity index (χ3v) is 7.35. The number of hydrogen-bond acceptors (Lipinski definition) is 4. The van der Waals surface area contributed by atoms with Crippen molar-refractivity contribution in [1.82, 2.24) is 9.88 Å². The summed E-state index contributed by atoms with van der Waals surface area (Å²) in [6.07, 6.45) is 3.79. The van der Waals surface area contributed by atoms with E-state index in [0.29, 0.717) is 32.4 Å². The van der Waals surface area contributed by atoms with Gasteiger partial charge in [0.1, 0.15) is 0 Å². The molecule has 0 spiro atoms. The summed E-state index contributed by atoms with van der Waals surface area (Å²) in [7, 11) is 0. The third-order valence-electron chi connectivity index (χ3n) is 5.52.